The second-order valence-corrected chi connectivity index (χ2v) is 6.14. The molecule has 0 aliphatic rings. The summed E-state index contributed by atoms with van der Waals surface area (Å²) in [6, 6.07) is 17.1. The van der Waals surface area contributed by atoms with Crippen molar-refractivity contribution < 1.29 is 14.3 Å². The van der Waals surface area contributed by atoms with Crippen LogP contribution in [0.15, 0.2) is 54.6 Å². The molecule has 0 fully saturated rings. The summed E-state index contributed by atoms with van der Waals surface area (Å²) in [5, 5.41) is 7.35. The Labute approximate surface area is 158 Å². The second-order valence-electron chi connectivity index (χ2n) is 6.14. The molecule has 1 N–H and O–H groups in total. The molecule has 2 aromatic carbocycles. The maximum absolute atomic E-state index is 12.4. The van der Waals surface area contributed by atoms with E-state index in [1.807, 2.05) is 55.5 Å². The smallest absolute Gasteiger partial charge is 0.271 e. The maximum Gasteiger partial charge on any atom is 0.271 e. The topological polar surface area (TPSA) is 65.4 Å². The summed E-state index contributed by atoms with van der Waals surface area (Å²) in [5.41, 5.74) is 3.27. The number of amides is 1. The van der Waals surface area contributed by atoms with E-state index >= 15 is 0 Å². The van der Waals surface area contributed by atoms with Gasteiger partial charge in [-0.25, -0.2) is 4.68 Å². The van der Waals surface area contributed by atoms with Crippen LogP contribution in [0.3, 0.4) is 0 Å². The molecule has 0 saturated carbocycles. The number of nitrogens with zero attached hydrogens (tertiary/aromatic N) is 2. The standard InChI is InChI=1S/C21H23N3O3/c1-15-13-20(23-24(15)17-7-9-18(26-2)10-8-17)21(25)22-12-11-16-5-4-6-19(14-16)27-3/h4-10,13-14H,11-12H2,1-3H3,(H,22,25). The fraction of sp³-hybridized carbons (Fsp3) is 0.238. The lowest BCUT2D eigenvalue weighted by Gasteiger charge is -2.06. The largest absolute Gasteiger partial charge is 0.497 e. The summed E-state index contributed by atoms with van der Waals surface area (Å²) in [4.78, 5) is 12.4. The fourth-order valence-electron chi connectivity index (χ4n) is 2.81. The Hall–Kier alpha value is -3.28. The van der Waals surface area contributed by atoms with Gasteiger partial charge >= 0.3 is 0 Å². The number of aromatic nitrogens is 2. The minimum absolute atomic E-state index is 0.187. The van der Waals surface area contributed by atoms with E-state index < -0.39 is 0 Å². The molecule has 3 aromatic rings. The maximum atomic E-state index is 12.4. The second kappa shape index (κ2) is 8.40. The predicted molar refractivity (Wildman–Crippen MR) is 104 cm³/mol. The summed E-state index contributed by atoms with van der Waals surface area (Å²) in [6.45, 7) is 2.45. The van der Waals surface area contributed by atoms with Crippen LogP contribution in [0.1, 0.15) is 21.7 Å². The van der Waals surface area contributed by atoms with Crippen LogP contribution in [0.4, 0.5) is 0 Å². The average molecular weight is 365 g/mol. The lowest BCUT2D eigenvalue weighted by Crippen LogP contribution is -2.26. The van der Waals surface area contributed by atoms with Gasteiger partial charge in [0.2, 0.25) is 0 Å². The summed E-state index contributed by atoms with van der Waals surface area (Å²) < 4.78 is 12.1. The third kappa shape index (κ3) is 4.47. The zero-order valence-corrected chi connectivity index (χ0v) is 15.7. The van der Waals surface area contributed by atoms with E-state index in [0.717, 1.165) is 34.9 Å². The molecule has 0 aliphatic carbocycles. The zero-order chi connectivity index (χ0) is 19.2. The highest BCUT2D eigenvalue weighted by atomic mass is 16.5. The molecule has 0 unspecified atom stereocenters. The van der Waals surface area contributed by atoms with Gasteiger partial charge in [-0.15, -0.1) is 0 Å². The highest BCUT2D eigenvalue weighted by molar-refractivity contribution is 5.92. The molecule has 27 heavy (non-hydrogen) atoms. The normalized spacial score (nSPS) is 10.5. The number of methoxy groups -OCH3 is 2. The Kier molecular flexibility index (Phi) is 5.76. The highest BCUT2D eigenvalue weighted by Crippen LogP contribution is 2.17. The van der Waals surface area contributed by atoms with Gasteiger partial charge < -0.3 is 14.8 Å². The van der Waals surface area contributed by atoms with Gasteiger partial charge in [0.1, 0.15) is 11.5 Å². The highest BCUT2D eigenvalue weighted by Gasteiger charge is 2.13. The molecular weight excluding hydrogens is 342 g/mol. The van der Waals surface area contributed by atoms with Gasteiger partial charge in [-0.3, -0.25) is 4.79 Å². The van der Waals surface area contributed by atoms with E-state index in [0.29, 0.717) is 12.2 Å². The Morgan fingerprint density at radius 3 is 2.48 bits per heavy atom. The number of hydrogen-bond acceptors (Lipinski definition) is 4. The molecule has 1 heterocycles. The molecule has 0 bridgehead atoms. The molecular formula is C21H23N3O3. The van der Waals surface area contributed by atoms with Gasteiger partial charge in [-0.2, -0.15) is 5.10 Å². The molecule has 0 spiro atoms. The number of aryl methyl sites for hydroxylation is 1. The van der Waals surface area contributed by atoms with E-state index in [1.165, 1.54) is 0 Å². The summed E-state index contributed by atoms with van der Waals surface area (Å²) in [5.74, 6) is 1.40. The molecule has 0 radical (unpaired) electrons. The third-order valence-corrected chi connectivity index (χ3v) is 4.27. The molecule has 1 amide bonds. The number of ether oxygens (including phenoxy) is 2. The first-order chi connectivity index (χ1) is 13.1. The van der Waals surface area contributed by atoms with E-state index in [9.17, 15) is 4.79 Å². The molecule has 0 aliphatic heterocycles. The van der Waals surface area contributed by atoms with E-state index in [-0.39, 0.29) is 5.91 Å². The quantitative estimate of drug-likeness (QED) is 0.698. The van der Waals surface area contributed by atoms with Crippen LogP contribution < -0.4 is 14.8 Å². The van der Waals surface area contributed by atoms with Crippen molar-refractivity contribution in [1.82, 2.24) is 15.1 Å². The molecule has 6 nitrogen and oxygen atoms in total. The van der Waals surface area contributed by atoms with Crippen molar-refractivity contribution in [3.8, 4) is 17.2 Å². The number of carbonyl (C=O) groups is 1. The van der Waals surface area contributed by atoms with Crippen molar-refractivity contribution >= 4 is 5.91 Å². The summed E-state index contributed by atoms with van der Waals surface area (Å²) in [6.07, 6.45) is 0.723. The fourth-order valence-corrected chi connectivity index (χ4v) is 2.81. The molecule has 0 atom stereocenters. The van der Waals surface area contributed by atoms with Gasteiger partial charge in [0, 0.05) is 12.2 Å². The third-order valence-electron chi connectivity index (χ3n) is 4.27. The number of rotatable bonds is 7. The van der Waals surface area contributed by atoms with Crippen LogP contribution >= 0.6 is 0 Å². The average Bonchev–Trinajstić information content (AvgIpc) is 3.10. The van der Waals surface area contributed by atoms with Crippen LogP contribution in [0.25, 0.3) is 5.69 Å². The number of carbonyl (C=O) groups excluding carboxylic acids is 1. The number of benzene rings is 2. The van der Waals surface area contributed by atoms with Crippen LogP contribution in [0, 0.1) is 6.92 Å². The summed E-state index contributed by atoms with van der Waals surface area (Å²) >= 11 is 0. The lowest BCUT2D eigenvalue weighted by atomic mass is 10.1. The van der Waals surface area contributed by atoms with Gasteiger partial charge in [-0.1, -0.05) is 12.1 Å². The Morgan fingerprint density at radius 2 is 1.78 bits per heavy atom. The molecule has 0 saturated heterocycles. The molecule has 6 heteroatoms. The zero-order valence-electron chi connectivity index (χ0n) is 15.7. The molecule has 3 rings (SSSR count). The van der Waals surface area contributed by atoms with Crippen LogP contribution in [0.5, 0.6) is 11.5 Å². The molecule has 140 valence electrons. The Balaban J connectivity index is 1.63. The van der Waals surface area contributed by atoms with Crippen molar-refractivity contribution in [3.63, 3.8) is 0 Å². The number of hydrogen-bond donors (Lipinski definition) is 1. The van der Waals surface area contributed by atoms with Crippen molar-refractivity contribution in [2.75, 3.05) is 20.8 Å². The lowest BCUT2D eigenvalue weighted by molar-refractivity contribution is 0.0948. The van der Waals surface area contributed by atoms with Gasteiger partial charge in [-0.05, 0) is 61.4 Å². The van der Waals surface area contributed by atoms with Gasteiger partial charge in [0.25, 0.3) is 5.91 Å². The first kappa shape index (κ1) is 18.5. The van der Waals surface area contributed by atoms with E-state index in [4.69, 9.17) is 9.47 Å². The molecule has 1 aromatic heterocycles. The minimum Gasteiger partial charge on any atom is -0.497 e. The monoisotopic (exact) mass is 365 g/mol. The minimum atomic E-state index is -0.187. The van der Waals surface area contributed by atoms with Crippen LogP contribution in [-0.2, 0) is 6.42 Å². The Morgan fingerprint density at radius 1 is 1.04 bits per heavy atom. The Bertz CT molecular complexity index is 917. The SMILES string of the molecule is COc1ccc(-n2nc(C(=O)NCCc3cccc(OC)c3)cc2C)cc1. The summed E-state index contributed by atoms with van der Waals surface area (Å²) in [7, 11) is 3.27. The van der Waals surface area contributed by atoms with Crippen molar-refractivity contribution in [1.29, 1.82) is 0 Å². The van der Waals surface area contributed by atoms with Crippen molar-refractivity contribution in [2.24, 2.45) is 0 Å². The first-order valence-corrected chi connectivity index (χ1v) is 8.73. The van der Waals surface area contributed by atoms with Gasteiger partial charge in [0.15, 0.2) is 5.69 Å². The van der Waals surface area contributed by atoms with Crippen LogP contribution in [0.2, 0.25) is 0 Å². The predicted octanol–water partition coefficient (Wildman–Crippen LogP) is 3.17. The van der Waals surface area contributed by atoms with Gasteiger partial charge in [0.05, 0.1) is 19.9 Å². The van der Waals surface area contributed by atoms with E-state index in [2.05, 4.69) is 10.4 Å². The first-order valence-electron chi connectivity index (χ1n) is 8.73. The van der Waals surface area contributed by atoms with Crippen molar-refractivity contribution in [3.05, 3.63) is 71.5 Å². The van der Waals surface area contributed by atoms with E-state index in [1.54, 1.807) is 25.0 Å². The van der Waals surface area contributed by atoms with Crippen LogP contribution in [-0.4, -0.2) is 36.5 Å². The number of nitrogens with one attached hydrogen (secondary N) is 1. The van der Waals surface area contributed by atoms with Crippen molar-refractivity contribution in [2.45, 2.75) is 13.3 Å².